The van der Waals surface area contributed by atoms with Gasteiger partial charge in [-0.1, -0.05) is 17.7 Å². The Kier molecular flexibility index (Phi) is 4.01. The molecule has 3 rings (SSSR count). The van der Waals surface area contributed by atoms with Crippen molar-refractivity contribution in [3.63, 3.8) is 0 Å². The molecule has 0 atom stereocenters. The van der Waals surface area contributed by atoms with Crippen LogP contribution in [0.1, 0.15) is 10.4 Å². The monoisotopic (exact) mass is 344 g/mol. The van der Waals surface area contributed by atoms with Crippen LogP contribution in [0.3, 0.4) is 0 Å². The summed E-state index contributed by atoms with van der Waals surface area (Å²) in [7, 11) is 0. The Hall–Kier alpha value is -3.19. The van der Waals surface area contributed by atoms with E-state index in [4.69, 9.17) is 16.0 Å². The number of carbonyl (C=O) groups is 1. The van der Waals surface area contributed by atoms with Crippen LogP contribution < -0.4 is 10.9 Å². The molecule has 0 unspecified atom stereocenters. The third kappa shape index (κ3) is 3.11. The van der Waals surface area contributed by atoms with E-state index in [1.807, 2.05) is 0 Å². The molecular formula is C16H9ClN2O5. The van der Waals surface area contributed by atoms with Gasteiger partial charge in [-0.3, -0.25) is 14.9 Å². The first-order chi connectivity index (χ1) is 11.4. The highest BCUT2D eigenvalue weighted by Gasteiger charge is 2.16. The summed E-state index contributed by atoms with van der Waals surface area (Å²) in [6.07, 6.45) is 0. The molecule has 0 saturated heterocycles. The van der Waals surface area contributed by atoms with Crippen LogP contribution in [0.2, 0.25) is 5.02 Å². The number of carbonyl (C=O) groups excluding carboxylic acids is 1. The second kappa shape index (κ2) is 6.13. The van der Waals surface area contributed by atoms with Crippen molar-refractivity contribution in [1.29, 1.82) is 0 Å². The number of nitro benzene ring substituents is 1. The van der Waals surface area contributed by atoms with E-state index in [2.05, 4.69) is 5.32 Å². The predicted molar refractivity (Wildman–Crippen MR) is 88.5 cm³/mol. The SMILES string of the molecule is O=C(Nc1cccc(Cl)c1)c1cc2cc([N+](=O)[O-])ccc2oc1=O. The summed E-state index contributed by atoms with van der Waals surface area (Å²) in [4.78, 5) is 34.5. The van der Waals surface area contributed by atoms with Crippen LogP contribution >= 0.6 is 11.6 Å². The molecule has 0 saturated carbocycles. The fourth-order valence-corrected chi connectivity index (χ4v) is 2.34. The van der Waals surface area contributed by atoms with Gasteiger partial charge in [0.15, 0.2) is 0 Å². The maximum atomic E-state index is 12.3. The predicted octanol–water partition coefficient (Wildman–Crippen LogP) is 3.61. The standard InChI is InChI=1S/C16H9ClN2O5/c17-10-2-1-3-11(8-10)18-15(20)13-7-9-6-12(19(22)23)4-5-14(9)24-16(13)21/h1-8H,(H,18,20). The van der Waals surface area contributed by atoms with Gasteiger partial charge in [-0.15, -0.1) is 0 Å². The molecule has 0 bridgehead atoms. The molecule has 2 aromatic carbocycles. The van der Waals surface area contributed by atoms with E-state index in [0.717, 1.165) is 0 Å². The normalized spacial score (nSPS) is 10.5. The molecule has 1 heterocycles. The number of hydrogen-bond donors (Lipinski definition) is 1. The van der Waals surface area contributed by atoms with Crippen molar-refractivity contribution in [2.24, 2.45) is 0 Å². The number of benzene rings is 2. The number of nitrogens with zero attached hydrogens (tertiary/aromatic N) is 1. The molecule has 0 aliphatic rings. The van der Waals surface area contributed by atoms with Crippen molar-refractivity contribution in [1.82, 2.24) is 0 Å². The molecule has 1 N–H and O–H groups in total. The Morgan fingerprint density at radius 1 is 1.17 bits per heavy atom. The molecule has 120 valence electrons. The van der Waals surface area contributed by atoms with Crippen LogP contribution in [0, 0.1) is 10.1 Å². The number of nitrogens with one attached hydrogen (secondary N) is 1. The lowest BCUT2D eigenvalue weighted by atomic mass is 10.1. The molecule has 24 heavy (non-hydrogen) atoms. The molecule has 7 nitrogen and oxygen atoms in total. The lowest BCUT2D eigenvalue weighted by Crippen LogP contribution is -2.20. The van der Waals surface area contributed by atoms with E-state index < -0.39 is 16.5 Å². The number of anilines is 1. The number of hydrogen-bond acceptors (Lipinski definition) is 5. The lowest BCUT2D eigenvalue weighted by Gasteiger charge is -2.05. The van der Waals surface area contributed by atoms with Gasteiger partial charge in [0.2, 0.25) is 0 Å². The molecule has 1 aromatic heterocycles. The van der Waals surface area contributed by atoms with Crippen molar-refractivity contribution < 1.29 is 14.1 Å². The van der Waals surface area contributed by atoms with Crippen molar-refractivity contribution >= 4 is 39.9 Å². The zero-order valence-corrected chi connectivity index (χ0v) is 12.7. The molecule has 0 aliphatic heterocycles. The zero-order chi connectivity index (χ0) is 17.3. The number of fused-ring (bicyclic) bond motifs is 1. The van der Waals surface area contributed by atoms with E-state index in [1.54, 1.807) is 18.2 Å². The van der Waals surface area contributed by atoms with Crippen LogP contribution in [-0.4, -0.2) is 10.8 Å². The summed E-state index contributed by atoms with van der Waals surface area (Å²) >= 11 is 5.84. The van der Waals surface area contributed by atoms with E-state index in [-0.39, 0.29) is 22.2 Å². The van der Waals surface area contributed by atoms with Gasteiger partial charge < -0.3 is 9.73 Å². The average molecular weight is 345 g/mol. The van der Waals surface area contributed by atoms with Gasteiger partial charge in [-0.05, 0) is 30.3 Å². The largest absolute Gasteiger partial charge is 0.422 e. The van der Waals surface area contributed by atoms with Gasteiger partial charge in [0, 0.05) is 28.2 Å². The number of nitro groups is 1. The first-order valence-corrected chi connectivity index (χ1v) is 7.11. The highest BCUT2D eigenvalue weighted by molar-refractivity contribution is 6.31. The van der Waals surface area contributed by atoms with Crippen molar-refractivity contribution in [2.45, 2.75) is 0 Å². The quantitative estimate of drug-likeness (QED) is 0.444. The summed E-state index contributed by atoms with van der Waals surface area (Å²) in [5.41, 5.74) is -0.702. The smallest absolute Gasteiger partial charge is 0.349 e. The molecule has 1 amide bonds. The molecule has 0 fully saturated rings. The maximum absolute atomic E-state index is 12.3. The minimum absolute atomic E-state index is 0.157. The van der Waals surface area contributed by atoms with Crippen molar-refractivity contribution in [2.75, 3.05) is 5.32 Å². The molecule has 0 aliphatic carbocycles. The lowest BCUT2D eigenvalue weighted by molar-refractivity contribution is -0.384. The second-order valence-electron chi connectivity index (χ2n) is 4.89. The number of non-ortho nitro benzene ring substituents is 1. The van der Waals surface area contributed by atoms with Crippen LogP contribution in [0.5, 0.6) is 0 Å². The Bertz CT molecular complexity index is 1030. The average Bonchev–Trinajstić information content (AvgIpc) is 2.53. The van der Waals surface area contributed by atoms with Crippen LogP contribution in [0.15, 0.2) is 57.7 Å². The Balaban J connectivity index is 2.01. The van der Waals surface area contributed by atoms with Gasteiger partial charge in [0.1, 0.15) is 11.1 Å². The van der Waals surface area contributed by atoms with E-state index >= 15 is 0 Å². The summed E-state index contributed by atoms with van der Waals surface area (Å²) in [6.45, 7) is 0. The summed E-state index contributed by atoms with van der Waals surface area (Å²) in [5, 5.41) is 14.1. The number of rotatable bonds is 3. The number of amides is 1. The molecular weight excluding hydrogens is 336 g/mol. The van der Waals surface area contributed by atoms with Gasteiger partial charge >= 0.3 is 5.63 Å². The molecule has 0 radical (unpaired) electrons. The minimum atomic E-state index is -0.837. The van der Waals surface area contributed by atoms with Crippen LogP contribution in [0.25, 0.3) is 11.0 Å². The fraction of sp³-hybridized carbons (Fsp3) is 0. The maximum Gasteiger partial charge on any atom is 0.349 e. The molecule has 3 aromatic rings. The van der Waals surface area contributed by atoms with E-state index in [9.17, 15) is 19.7 Å². The van der Waals surface area contributed by atoms with Crippen LogP contribution in [-0.2, 0) is 0 Å². The molecule has 0 spiro atoms. The Labute approximate surface area is 139 Å². The highest BCUT2D eigenvalue weighted by atomic mass is 35.5. The van der Waals surface area contributed by atoms with Gasteiger partial charge in [0.25, 0.3) is 11.6 Å². The third-order valence-corrected chi connectivity index (χ3v) is 3.49. The van der Waals surface area contributed by atoms with E-state index in [1.165, 1.54) is 30.3 Å². The molecule has 8 heteroatoms. The summed E-state index contributed by atoms with van der Waals surface area (Å²) in [5.74, 6) is -0.695. The van der Waals surface area contributed by atoms with Gasteiger partial charge in [-0.2, -0.15) is 0 Å². The first-order valence-electron chi connectivity index (χ1n) is 6.73. The first kappa shape index (κ1) is 15.7. The number of halogens is 1. The zero-order valence-electron chi connectivity index (χ0n) is 12.0. The highest BCUT2D eigenvalue weighted by Crippen LogP contribution is 2.21. The topological polar surface area (TPSA) is 102 Å². The fourth-order valence-electron chi connectivity index (χ4n) is 2.15. The van der Waals surface area contributed by atoms with Crippen LogP contribution in [0.4, 0.5) is 11.4 Å². The minimum Gasteiger partial charge on any atom is -0.422 e. The Morgan fingerprint density at radius 3 is 2.67 bits per heavy atom. The van der Waals surface area contributed by atoms with Gasteiger partial charge in [-0.25, -0.2) is 4.79 Å². The van der Waals surface area contributed by atoms with Crippen molar-refractivity contribution in [3.8, 4) is 0 Å². The second-order valence-corrected chi connectivity index (χ2v) is 5.33. The third-order valence-electron chi connectivity index (χ3n) is 3.25. The van der Waals surface area contributed by atoms with Gasteiger partial charge in [0.05, 0.1) is 4.92 Å². The van der Waals surface area contributed by atoms with E-state index in [0.29, 0.717) is 10.7 Å². The summed E-state index contributed by atoms with van der Waals surface area (Å²) < 4.78 is 5.05. The summed E-state index contributed by atoms with van der Waals surface area (Å²) in [6, 6.07) is 11.4. The van der Waals surface area contributed by atoms with Crippen molar-refractivity contribution in [3.05, 3.63) is 79.7 Å². The Morgan fingerprint density at radius 2 is 1.96 bits per heavy atom.